The molecule has 0 aromatic carbocycles. The number of aliphatic hydroxyl groups is 1. The Morgan fingerprint density at radius 2 is 1.68 bits per heavy atom. The number of hydrogen-bond donors (Lipinski definition) is 1. The van der Waals surface area contributed by atoms with Crippen molar-refractivity contribution in [1.82, 2.24) is 0 Å². The maximum Gasteiger partial charge on any atom is 0.0568 e. The highest BCUT2D eigenvalue weighted by Gasteiger charge is 2.81. The van der Waals surface area contributed by atoms with Crippen LogP contribution in [-0.4, -0.2) is 11.2 Å². The lowest BCUT2D eigenvalue weighted by atomic mass is 9.43. The standard InChI is InChI=1S/C30H50O/c1-19(2)20(3)8-9-21(4)23-12-14-28(7)26-11-10-24-22(5)25(31)13-15-29(24)18-30(26,29)17-16-27(23,28)6/h8,19,21-26,31H,9-18H2,1-7H3/b20-8+/t21-,22+,23-,24+,25+,26+,27-,28+,29-,30+/m1/s1. The van der Waals surface area contributed by atoms with Gasteiger partial charge in [-0.2, -0.15) is 0 Å². The molecule has 0 amide bonds. The van der Waals surface area contributed by atoms with E-state index in [0.29, 0.717) is 33.5 Å². The maximum absolute atomic E-state index is 10.6. The summed E-state index contributed by atoms with van der Waals surface area (Å²) >= 11 is 0. The quantitative estimate of drug-likeness (QED) is 0.451. The molecule has 5 fully saturated rings. The van der Waals surface area contributed by atoms with E-state index in [4.69, 9.17) is 0 Å². The summed E-state index contributed by atoms with van der Waals surface area (Å²) in [6.07, 6.45) is 16.4. The van der Waals surface area contributed by atoms with Gasteiger partial charge >= 0.3 is 0 Å². The summed E-state index contributed by atoms with van der Waals surface area (Å²) in [7, 11) is 0. The van der Waals surface area contributed by atoms with Gasteiger partial charge in [-0.05, 0) is 128 Å². The van der Waals surface area contributed by atoms with Crippen molar-refractivity contribution in [2.75, 3.05) is 0 Å². The SMILES string of the molecule is C/C(=C\C[C@@H](C)[C@H]1CC[C@@]2(C)[C@@H]3CC[C@H]4[C@H](C)[C@@H](O)CC[C@@]45C[C@@]35CC[C@]12C)C(C)C. The Morgan fingerprint density at radius 1 is 0.935 bits per heavy atom. The molecule has 0 radical (unpaired) electrons. The molecule has 1 heteroatoms. The van der Waals surface area contributed by atoms with Crippen molar-refractivity contribution in [1.29, 1.82) is 0 Å². The van der Waals surface area contributed by atoms with E-state index in [2.05, 4.69) is 54.5 Å². The molecule has 0 unspecified atom stereocenters. The second-order valence-corrected chi connectivity index (χ2v) is 14.0. The molecule has 2 spiro atoms. The highest BCUT2D eigenvalue weighted by Crippen LogP contribution is 2.88. The molecular weight excluding hydrogens is 376 g/mol. The number of rotatable bonds is 4. The van der Waals surface area contributed by atoms with Gasteiger partial charge in [0.05, 0.1) is 6.10 Å². The lowest BCUT2D eigenvalue weighted by molar-refractivity contribution is -0.142. The van der Waals surface area contributed by atoms with E-state index in [1.165, 1.54) is 57.8 Å². The van der Waals surface area contributed by atoms with Gasteiger partial charge in [0.1, 0.15) is 0 Å². The Hall–Kier alpha value is -0.300. The second kappa shape index (κ2) is 7.10. The van der Waals surface area contributed by atoms with Crippen LogP contribution < -0.4 is 0 Å². The van der Waals surface area contributed by atoms with Crippen LogP contribution in [0, 0.1) is 57.2 Å². The third kappa shape index (κ3) is 2.77. The van der Waals surface area contributed by atoms with E-state index in [1.54, 1.807) is 5.57 Å². The number of fused-ring (bicyclic) bond motifs is 2. The van der Waals surface area contributed by atoms with E-state index in [0.717, 1.165) is 30.1 Å². The van der Waals surface area contributed by atoms with Gasteiger partial charge in [0.2, 0.25) is 0 Å². The third-order valence-corrected chi connectivity index (χ3v) is 13.1. The summed E-state index contributed by atoms with van der Waals surface area (Å²) < 4.78 is 0. The zero-order valence-electron chi connectivity index (χ0n) is 21.6. The molecule has 1 N–H and O–H groups in total. The summed E-state index contributed by atoms with van der Waals surface area (Å²) in [5.74, 6) is 4.67. The van der Waals surface area contributed by atoms with E-state index in [1.807, 2.05) is 0 Å². The molecule has 10 atom stereocenters. The zero-order valence-corrected chi connectivity index (χ0v) is 21.6. The fraction of sp³-hybridized carbons (Fsp3) is 0.933. The lowest BCUT2D eigenvalue weighted by Gasteiger charge is -2.62. The number of aliphatic hydroxyl groups excluding tert-OH is 1. The largest absolute Gasteiger partial charge is 0.393 e. The van der Waals surface area contributed by atoms with Crippen LogP contribution in [0.3, 0.4) is 0 Å². The number of allylic oxidation sites excluding steroid dienone is 2. The van der Waals surface area contributed by atoms with Crippen molar-refractivity contribution in [2.24, 2.45) is 57.2 Å². The molecule has 1 nitrogen and oxygen atoms in total. The minimum absolute atomic E-state index is 0.0340. The summed E-state index contributed by atoms with van der Waals surface area (Å²) in [4.78, 5) is 0. The fourth-order valence-corrected chi connectivity index (χ4v) is 10.7. The molecule has 5 rings (SSSR count). The first-order valence-corrected chi connectivity index (χ1v) is 13.9. The molecule has 31 heavy (non-hydrogen) atoms. The van der Waals surface area contributed by atoms with Crippen molar-refractivity contribution in [2.45, 2.75) is 119 Å². The topological polar surface area (TPSA) is 20.2 Å². The predicted octanol–water partition coefficient (Wildman–Crippen LogP) is 8.02. The van der Waals surface area contributed by atoms with Crippen molar-refractivity contribution in [3.63, 3.8) is 0 Å². The van der Waals surface area contributed by atoms with E-state index in [-0.39, 0.29) is 6.10 Å². The monoisotopic (exact) mass is 426 g/mol. The molecule has 0 bridgehead atoms. The first kappa shape index (κ1) is 22.5. The second-order valence-electron chi connectivity index (χ2n) is 14.0. The molecule has 0 heterocycles. The van der Waals surface area contributed by atoms with E-state index < -0.39 is 0 Å². The smallest absolute Gasteiger partial charge is 0.0568 e. The van der Waals surface area contributed by atoms with Crippen molar-refractivity contribution in [3.8, 4) is 0 Å². The lowest BCUT2D eigenvalue weighted by Crippen LogP contribution is -2.55. The van der Waals surface area contributed by atoms with Crippen LogP contribution in [0.1, 0.15) is 113 Å². The first-order chi connectivity index (χ1) is 14.5. The van der Waals surface area contributed by atoms with Gasteiger partial charge < -0.3 is 5.11 Å². The third-order valence-electron chi connectivity index (χ3n) is 13.1. The van der Waals surface area contributed by atoms with Gasteiger partial charge in [0.25, 0.3) is 0 Å². The molecule has 5 aliphatic carbocycles. The molecule has 0 aromatic heterocycles. The van der Waals surface area contributed by atoms with Gasteiger partial charge in [-0.1, -0.05) is 53.2 Å². The van der Waals surface area contributed by atoms with Crippen LogP contribution in [0.5, 0.6) is 0 Å². The molecular formula is C30H50O. The highest BCUT2D eigenvalue weighted by molar-refractivity contribution is 5.29. The maximum atomic E-state index is 10.6. The van der Waals surface area contributed by atoms with Gasteiger partial charge in [0.15, 0.2) is 0 Å². The van der Waals surface area contributed by atoms with Crippen LogP contribution in [0.25, 0.3) is 0 Å². The van der Waals surface area contributed by atoms with Crippen LogP contribution >= 0.6 is 0 Å². The summed E-state index contributed by atoms with van der Waals surface area (Å²) in [5.41, 5.74) is 3.89. The van der Waals surface area contributed by atoms with Gasteiger partial charge in [-0.15, -0.1) is 0 Å². The van der Waals surface area contributed by atoms with Crippen molar-refractivity contribution < 1.29 is 5.11 Å². The minimum Gasteiger partial charge on any atom is -0.393 e. The van der Waals surface area contributed by atoms with Crippen LogP contribution in [0.15, 0.2) is 11.6 Å². The number of hydrogen-bond acceptors (Lipinski definition) is 1. The Labute approximate surface area is 192 Å². The molecule has 5 saturated carbocycles. The highest BCUT2D eigenvalue weighted by atomic mass is 16.3. The van der Waals surface area contributed by atoms with E-state index >= 15 is 0 Å². The summed E-state index contributed by atoms with van der Waals surface area (Å²) in [5, 5.41) is 10.6. The van der Waals surface area contributed by atoms with Crippen LogP contribution in [0.4, 0.5) is 0 Å². The van der Waals surface area contributed by atoms with Gasteiger partial charge in [-0.25, -0.2) is 0 Å². The Kier molecular flexibility index (Phi) is 5.15. The van der Waals surface area contributed by atoms with Crippen LogP contribution in [0.2, 0.25) is 0 Å². The Balaban J connectivity index is 1.40. The van der Waals surface area contributed by atoms with Gasteiger partial charge in [0, 0.05) is 0 Å². The molecule has 5 aliphatic rings. The Bertz CT molecular complexity index is 752. The first-order valence-electron chi connectivity index (χ1n) is 13.9. The van der Waals surface area contributed by atoms with Crippen molar-refractivity contribution in [3.05, 3.63) is 11.6 Å². The molecule has 0 aromatic rings. The normalized spacial score (nSPS) is 54.6. The average molecular weight is 427 g/mol. The fourth-order valence-electron chi connectivity index (χ4n) is 10.7. The van der Waals surface area contributed by atoms with Crippen molar-refractivity contribution >= 4 is 0 Å². The summed E-state index contributed by atoms with van der Waals surface area (Å²) in [6, 6.07) is 0. The summed E-state index contributed by atoms with van der Waals surface area (Å²) in [6.45, 7) is 17.4. The zero-order chi connectivity index (χ0) is 22.4. The molecule has 0 aliphatic heterocycles. The van der Waals surface area contributed by atoms with Crippen LogP contribution in [-0.2, 0) is 0 Å². The minimum atomic E-state index is -0.0340. The molecule has 176 valence electrons. The van der Waals surface area contributed by atoms with E-state index in [9.17, 15) is 5.11 Å². The Morgan fingerprint density at radius 3 is 2.39 bits per heavy atom. The van der Waals surface area contributed by atoms with Gasteiger partial charge in [-0.3, -0.25) is 0 Å². The average Bonchev–Trinajstić information content (AvgIpc) is 3.31. The molecule has 0 saturated heterocycles. The predicted molar refractivity (Wildman–Crippen MR) is 131 cm³/mol.